The molecule has 0 aliphatic carbocycles. The van der Waals surface area contributed by atoms with Crippen molar-refractivity contribution in [3.63, 3.8) is 0 Å². The van der Waals surface area contributed by atoms with Crippen LogP contribution < -0.4 is 19.5 Å². The molecule has 4 aromatic rings. The minimum Gasteiger partial charge on any atom is -0.492 e. The number of carboxylic acids is 1. The van der Waals surface area contributed by atoms with Gasteiger partial charge in [0.15, 0.2) is 0 Å². The van der Waals surface area contributed by atoms with E-state index in [0.29, 0.717) is 40.5 Å². The average Bonchev–Trinajstić information content (AvgIpc) is 3.33. The lowest BCUT2D eigenvalue weighted by atomic mass is 10.1. The molecule has 0 spiro atoms. The number of aliphatic carboxylic acids is 1. The second-order valence-electron chi connectivity index (χ2n) is 8.79. The van der Waals surface area contributed by atoms with Gasteiger partial charge in [-0.3, -0.25) is 9.59 Å². The third kappa shape index (κ3) is 7.78. The van der Waals surface area contributed by atoms with Crippen molar-refractivity contribution in [3.8, 4) is 39.9 Å². The minimum absolute atomic E-state index is 0.0112. The number of aromatic nitrogens is 2. The first kappa shape index (κ1) is 29.0. The number of hydrogen-bond acceptors (Lipinski definition) is 6. The topological polar surface area (TPSA) is 112 Å². The molecule has 0 aliphatic heterocycles. The molecule has 41 heavy (non-hydrogen) atoms. The van der Waals surface area contributed by atoms with Gasteiger partial charge in [0.25, 0.3) is 5.91 Å². The molecule has 0 radical (unpaired) electrons. The Morgan fingerprint density at radius 1 is 1.00 bits per heavy atom. The zero-order valence-corrected chi connectivity index (χ0v) is 22.1. The first-order chi connectivity index (χ1) is 19.5. The second-order valence-corrected chi connectivity index (χ2v) is 8.79. The molecule has 0 saturated heterocycles. The van der Waals surface area contributed by atoms with E-state index < -0.39 is 18.2 Å². The number of nitrogens with one attached hydrogen (secondary N) is 1. The van der Waals surface area contributed by atoms with Crippen LogP contribution in [0, 0.1) is 6.92 Å². The highest BCUT2D eigenvalue weighted by Crippen LogP contribution is 2.36. The minimum atomic E-state index is -4.82. The molecule has 9 nitrogen and oxygen atoms in total. The lowest BCUT2D eigenvalue weighted by Crippen LogP contribution is -2.25. The number of alkyl halides is 3. The number of benzene rings is 3. The first-order valence-corrected chi connectivity index (χ1v) is 12.5. The maximum atomic E-state index is 12.7. The van der Waals surface area contributed by atoms with E-state index in [0.717, 1.165) is 5.56 Å². The van der Waals surface area contributed by atoms with Crippen molar-refractivity contribution in [2.45, 2.75) is 26.6 Å². The summed E-state index contributed by atoms with van der Waals surface area (Å²) in [7, 11) is 0. The van der Waals surface area contributed by atoms with Gasteiger partial charge in [0.05, 0.1) is 18.6 Å². The lowest BCUT2D eigenvalue weighted by molar-refractivity contribution is -0.274. The quantitative estimate of drug-likeness (QED) is 0.223. The van der Waals surface area contributed by atoms with Crippen molar-refractivity contribution in [2.24, 2.45) is 0 Å². The van der Waals surface area contributed by atoms with Crippen molar-refractivity contribution < 1.29 is 42.1 Å². The molecule has 0 bridgehead atoms. The molecular weight excluding hydrogens is 543 g/mol. The van der Waals surface area contributed by atoms with Crippen LogP contribution in [0.4, 0.5) is 13.2 Å². The maximum absolute atomic E-state index is 12.7. The van der Waals surface area contributed by atoms with E-state index in [-0.39, 0.29) is 24.6 Å². The van der Waals surface area contributed by atoms with Gasteiger partial charge < -0.3 is 24.6 Å². The van der Waals surface area contributed by atoms with Crippen molar-refractivity contribution in [2.75, 3.05) is 13.2 Å². The largest absolute Gasteiger partial charge is 0.573 e. The Morgan fingerprint density at radius 2 is 1.68 bits per heavy atom. The van der Waals surface area contributed by atoms with Crippen LogP contribution in [0.15, 0.2) is 72.9 Å². The zero-order chi connectivity index (χ0) is 29.6. The first-order valence-electron chi connectivity index (χ1n) is 12.5. The number of hydrogen-bond donors (Lipinski definition) is 2. The maximum Gasteiger partial charge on any atom is 0.573 e. The molecule has 1 aromatic heterocycles. The monoisotopic (exact) mass is 569 g/mol. The number of carbonyl (C=O) groups is 2. The number of nitrogens with zero attached hydrogens (tertiary/aromatic N) is 2. The van der Waals surface area contributed by atoms with Gasteiger partial charge in [-0.25, -0.2) is 4.68 Å². The normalized spacial score (nSPS) is 11.1. The van der Waals surface area contributed by atoms with Crippen LogP contribution in [0.5, 0.6) is 23.1 Å². The smallest absolute Gasteiger partial charge is 0.492 e. The number of aryl methyl sites for hydroxylation is 1. The van der Waals surface area contributed by atoms with Gasteiger partial charge in [0, 0.05) is 18.3 Å². The molecular formula is C29H26F3N3O6. The summed E-state index contributed by atoms with van der Waals surface area (Å²) in [4.78, 5) is 22.9. The van der Waals surface area contributed by atoms with Gasteiger partial charge in [-0.2, -0.15) is 0 Å². The van der Waals surface area contributed by atoms with Crippen molar-refractivity contribution >= 4 is 11.9 Å². The van der Waals surface area contributed by atoms with E-state index in [9.17, 15) is 22.8 Å². The van der Waals surface area contributed by atoms with Gasteiger partial charge in [0.1, 0.15) is 22.9 Å². The second kappa shape index (κ2) is 12.5. The predicted molar refractivity (Wildman–Crippen MR) is 143 cm³/mol. The van der Waals surface area contributed by atoms with Gasteiger partial charge in [-0.1, -0.05) is 18.2 Å². The van der Waals surface area contributed by atoms with Gasteiger partial charge in [-0.05, 0) is 73.5 Å². The summed E-state index contributed by atoms with van der Waals surface area (Å²) in [6.45, 7) is 4.18. The van der Waals surface area contributed by atoms with E-state index in [1.54, 1.807) is 23.0 Å². The molecule has 1 amide bonds. The Morgan fingerprint density at radius 3 is 2.32 bits per heavy atom. The van der Waals surface area contributed by atoms with Gasteiger partial charge in [-0.15, -0.1) is 18.3 Å². The SMILES string of the molecule is CCOc1ccc(C)cc1-n1cc(-c2ccc(OC(F)(F)F)cc2)c(Oc2ccc(C(=O)NCCC(=O)O)cc2)n1. The van der Waals surface area contributed by atoms with E-state index in [1.807, 2.05) is 32.0 Å². The zero-order valence-electron chi connectivity index (χ0n) is 22.1. The average molecular weight is 570 g/mol. The third-order valence-corrected chi connectivity index (χ3v) is 5.70. The van der Waals surface area contributed by atoms with E-state index in [4.69, 9.17) is 14.6 Å². The van der Waals surface area contributed by atoms with Gasteiger partial charge in [0.2, 0.25) is 5.88 Å². The highest BCUT2D eigenvalue weighted by molar-refractivity contribution is 5.94. The van der Waals surface area contributed by atoms with Crippen molar-refractivity contribution in [1.82, 2.24) is 15.1 Å². The molecule has 2 N–H and O–H groups in total. The third-order valence-electron chi connectivity index (χ3n) is 5.70. The van der Waals surface area contributed by atoms with Crippen LogP contribution in [-0.4, -0.2) is 46.3 Å². The van der Waals surface area contributed by atoms with Crippen molar-refractivity contribution in [1.29, 1.82) is 0 Å². The Bertz CT molecular complexity index is 1520. The van der Waals surface area contributed by atoms with Crippen molar-refractivity contribution in [3.05, 3.63) is 84.1 Å². The molecule has 12 heteroatoms. The highest BCUT2D eigenvalue weighted by atomic mass is 19.4. The molecule has 4 rings (SSSR count). The molecule has 0 atom stereocenters. The number of amides is 1. The van der Waals surface area contributed by atoms with Crippen LogP contribution in [0.1, 0.15) is 29.3 Å². The Hall–Kier alpha value is -5.00. The van der Waals surface area contributed by atoms with Gasteiger partial charge >= 0.3 is 12.3 Å². The summed E-state index contributed by atoms with van der Waals surface area (Å²) in [5.74, 6) is -0.767. The van der Waals surface area contributed by atoms with E-state index in [1.165, 1.54) is 36.4 Å². The molecule has 0 saturated carbocycles. The number of ether oxygens (including phenoxy) is 3. The van der Waals surface area contributed by atoms with Crippen LogP contribution in [0.3, 0.4) is 0 Å². The van der Waals surface area contributed by atoms with Crippen LogP contribution >= 0.6 is 0 Å². The molecule has 214 valence electrons. The summed E-state index contributed by atoms with van der Waals surface area (Å²) in [5, 5.41) is 15.9. The summed E-state index contributed by atoms with van der Waals surface area (Å²) in [6.07, 6.45) is -3.34. The number of carboxylic acid groups (broad SMARTS) is 1. The highest BCUT2D eigenvalue weighted by Gasteiger charge is 2.31. The summed E-state index contributed by atoms with van der Waals surface area (Å²) in [5.41, 5.74) is 2.88. The fraction of sp³-hybridized carbons (Fsp3) is 0.207. The number of carbonyl (C=O) groups excluding carboxylic acids is 1. The molecule has 0 unspecified atom stereocenters. The Kier molecular flexibility index (Phi) is 8.81. The van der Waals surface area contributed by atoms with Crippen LogP contribution in [0.2, 0.25) is 0 Å². The fourth-order valence-electron chi connectivity index (χ4n) is 3.85. The summed E-state index contributed by atoms with van der Waals surface area (Å²) in [6, 6.07) is 17.0. The predicted octanol–water partition coefficient (Wildman–Crippen LogP) is 6.14. The standard InChI is InChI=1S/C29H26F3N3O6/c1-3-39-25-13-4-18(2)16-24(25)35-17-23(19-5-11-22(12-6-19)41-29(30,31)32)28(34-35)40-21-9-7-20(8-10-21)27(38)33-15-14-26(36)37/h4-13,16-17H,3,14-15H2,1-2H3,(H,33,38)(H,36,37). The lowest BCUT2D eigenvalue weighted by Gasteiger charge is -2.11. The molecule has 1 heterocycles. The Labute approximate surface area is 233 Å². The van der Waals surface area contributed by atoms with E-state index >= 15 is 0 Å². The van der Waals surface area contributed by atoms with Crippen LogP contribution in [-0.2, 0) is 4.79 Å². The number of halogens is 3. The Balaban J connectivity index is 1.66. The molecule has 0 aliphatic rings. The van der Waals surface area contributed by atoms with E-state index in [2.05, 4.69) is 15.2 Å². The van der Waals surface area contributed by atoms with Crippen LogP contribution in [0.25, 0.3) is 16.8 Å². The molecule has 3 aromatic carbocycles. The summed E-state index contributed by atoms with van der Waals surface area (Å²) >= 11 is 0. The summed E-state index contributed by atoms with van der Waals surface area (Å²) < 4.78 is 55.3. The fourth-order valence-corrected chi connectivity index (χ4v) is 3.85. The number of rotatable bonds is 11. The molecule has 0 fully saturated rings.